The van der Waals surface area contributed by atoms with Gasteiger partial charge in [-0.3, -0.25) is 5.10 Å². The Morgan fingerprint density at radius 1 is 1.62 bits per heavy atom. The molecule has 8 nitrogen and oxygen atoms in total. The third-order valence-electron chi connectivity index (χ3n) is 1.89. The zero-order valence-corrected chi connectivity index (χ0v) is 8.73. The number of carbonyl (C=O) groups is 2. The van der Waals surface area contributed by atoms with Crippen LogP contribution in [0.4, 0.5) is 4.79 Å². The number of hydrogen-bond acceptors (Lipinski definition) is 4. The second-order valence-corrected chi connectivity index (χ2v) is 3.06. The number of carboxylic acid groups (broad SMARTS) is 1. The molecule has 1 heterocycles. The fourth-order valence-corrected chi connectivity index (χ4v) is 1.03. The first kappa shape index (κ1) is 12.0. The van der Waals surface area contributed by atoms with Crippen LogP contribution in [0.25, 0.3) is 0 Å². The zero-order chi connectivity index (χ0) is 12.0. The first-order valence-electron chi connectivity index (χ1n) is 4.75. The van der Waals surface area contributed by atoms with Gasteiger partial charge in [0.1, 0.15) is 18.2 Å². The van der Waals surface area contributed by atoms with E-state index in [1.807, 2.05) is 0 Å². The average molecular weight is 227 g/mol. The molecular formula is C8H13N5O3. The minimum Gasteiger partial charge on any atom is -0.480 e. The molecule has 1 aromatic heterocycles. The van der Waals surface area contributed by atoms with Gasteiger partial charge >= 0.3 is 12.0 Å². The predicted molar refractivity (Wildman–Crippen MR) is 53.5 cm³/mol. The Labute approximate surface area is 91.5 Å². The van der Waals surface area contributed by atoms with Gasteiger partial charge in [-0.25, -0.2) is 14.6 Å². The first-order chi connectivity index (χ1) is 7.63. The molecule has 16 heavy (non-hydrogen) atoms. The van der Waals surface area contributed by atoms with E-state index in [2.05, 4.69) is 25.8 Å². The molecule has 8 heteroatoms. The van der Waals surface area contributed by atoms with E-state index in [1.165, 1.54) is 6.33 Å². The summed E-state index contributed by atoms with van der Waals surface area (Å²) in [5, 5.41) is 19.6. The van der Waals surface area contributed by atoms with Crippen LogP contribution in [0, 0.1) is 0 Å². The fourth-order valence-electron chi connectivity index (χ4n) is 1.03. The highest BCUT2D eigenvalue weighted by Crippen LogP contribution is 1.91. The van der Waals surface area contributed by atoms with E-state index in [0.29, 0.717) is 12.2 Å². The first-order valence-corrected chi connectivity index (χ1v) is 4.75. The van der Waals surface area contributed by atoms with Crippen LogP contribution in [0.5, 0.6) is 0 Å². The van der Waals surface area contributed by atoms with E-state index >= 15 is 0 Å². The molecule has 0 saturated carbocycles. The summed E-state index contributed by atoms with van der Waals surface area (Å²) >= 11 is 0. The average Bonchev–Trinajstić information content (AvgIpc) is 2.75. The van der Waals surface area contributed by atoms with E-state index in [4.69, 9.17) is 5.11 Å². The molecule has 2 amide bonds. The Balaban J connectivity index is 2.33. The lowest BCUT2D eigenvalue weighted by molar-refractivity contribution is -0.139. The molecule has 1 rings (SSSR count). The minimum absolute atomic E-state index is 0.169. The highest BCUT2D eigenvalue weighted by atomic mass is 16.4. The number of carbonyl (C=O) groups excluding carboxylic acids is 1. The molecule has 1 atom stereocenters. The molecule has 88 valence electrons. The Morgan fingerprint density at radius 2 is 2.38 bits per heavy atom. The number of nitrogens with one attached hydrogen (secondary N) is 3. The van der Waals surface area contributed by atoms with E-state index in [0.717, 1.165) is 0 Å². The molecule has 0 bridgehead atoms. The van der Waals surface area contributed by atoms with Crippen molar-refractivity contribution < 1.29 is 14.7 Å². The van der Waals surface area contributed by atoms with E-state index in [9.17, 15) is 9.59 Å². The maximum absolute atomic E-state index is 11.3. The van der Waals surface area contributed by atoms with E-state index in [1.54, 1.807) is 6.92 Å². The van der Waals surface area contributed by atoms with Gasteiger partial charge in [-0.15, -0.1) is 0 Å². The lowest BCUT2D eigenvalue weighted by Crippen LogP contribution is -2.45. The van der Waals surface area contributed by atoms with Crippen LogP contribution in [0.15, 0.2) is 6.33 Å². The monoisotopic (exact) mass is 227 g/mol. The van der Waals surface area contributed by atoms with Crippen LogP contribution in [-0.2, 0) is 11.3 Å². The number of carboxylic acids is 1. The van der Waals surface area contributed by atoms with Crippen molar-refractivity contribution in [2.75, 3.05) is 0 Å². The van der Waals surface area contributed by atoms with Gasteiger partial charge in [0, 0.05) is 0 Å². The van der Waals surface area contributed by atoms with Gasteiger partial charge in [0.15, 0.2) is 0 Å². The highest BCUT2D eigenvalue weighted by Gasteiger charge is 2.17. The number of aromatic nitrogens is 3. The summed E-state index contributed by atoms with van der Waals surface area (Å²) in [5.41, 5.74) is 0. The van der Waals surface area contributed by atoms with E-state index in [-0.39, 0.29) is 6.54 Å². The molecule has 0 aliphatic heterocycles. The number of H-pyrrole nitrogens is 1. The van der Waals surface area contributed by atoms with Crippen LogP contribution < -0.4 is 10.6 Å². The molecule has 0 saturated heterocycles. The number of urea groups is 1. The van der Waals surface area contributed by atoms with Crippen molar-refractivity contribution in [1.29, 1.82) is 0 Å². The minimum atomic E-state index is -1.06. The summed E-state index contributed by atoms with van der Waals surface area (Å²) in [6, 6.07) is -1.43. The van der Waals surface area contributed by atoms with Crippen molar-refractivity contribution in [2.24, 2.45) is 0 Å². The summed E-state index contributed by atoms with van der Waals surface area (Å²) in [6.07, 6.45) is 1.64. The molecule has 0 aliphatic rings. The van der Waals surface area contributed by atoms with Crippen molar-refractivity contribution in [2.45, 2.75) is 25.9 Å². The maximum atomic E-state index is 11.3. The van der Waals surface area contributed by atoms with Crippen molar-refractivity contribution >= 4 is 12.0 Å². The second kappa shape index (κ2) is 5.69. The number of aliphatic carboxylic acids is 1. The Kier molecular flexibility index (Phi) is 4.25. The molecule has 0 fully saturated rings. The van der Waals surface area contributed by atoms with Crippen molar-refractivity contribution in [3.05, 3.63) is 12.2 Å². The summed E-state index contributed by atoms with van der Waals surface area (Å²) in [5.74, 6) is -0.559. The van der Waals surface area contributed by atoms with Crippen LogP contribution in [0.1, 0.15) is 19.2 Å². The molecule has 1 aromatic rings. The molecule has 0 radical (unpaired) electrons. The third kappa shape index (κ3) is 3.56. The standard InChI is InChI=1S/C8H13N5O3/c1-2-5(7(14)15)12-8(16)9-3-6-10-4-11-13-6/h4-5H,2-3H2,1H3,(H,14,15)(H2,9,12,16)(H,10,11,13)/t5-/m1/s1. The summed E-state index contributed by atoms with van der Waals surface area (Å²) < 4.78 is 0. The Bertz CT molecular complexity index is 351. The fraction of sp³-hybridized carbons (Fsp3) is 0.500. The van der Waals surface area contributed by atoms with Crippen LogP contribution >= 0.6 is 0 Å². The van der Waals surface area contributed by atoms with Gasteiger partial charge in [-0.2, -0.15) is 5.10 Å². The van der Waals surface area contributed by atoms with E-state index < -0.39 is 18.0 Å². The van der Waals surface area contributed by atoms with Crippen LogP contribution in [0.3, 0.4) is 0 Å². The molecule has 4 N–H and O–H groups in total. The molecule has 0 aliphatic carbocycles. The van der Waals surface area contributed by atoms with Gasteiger partial charge in [0.25, 0.3) is 0 Å². The highest BCUT2D eigenvalue weighted by molar-refractivity contribution is 5.82. The predicted octanol–water partition coefficient (Wildman–Crippen LogP) is -0.533. The van der Waals surface area contributed by atoms with Crippen molar-refractivity contribution in [3.63, 3.8) is 0 Å². The quantitative estimate of drug-likeness (QED) is 0.538. The van der Waals surface area contributed by atoms with Gasteiger partial charge in [-0.05, 0) is 6.42 Å². The summed E-state index contributed by atoms with van der Waals surface area (Å²) in [7, 11) is 0. The van der Waals surface area contributed by atoms with Gasteiger partial charge < -0.3 is 15.7 Å². The Morgan fingerprint density at radius 3 is 2.88 bits per heavy atom. The molecule has 0 spiro atoms. The van der Waals surface area contributed by atoms with Crippen molar-refractivity contribution in [1.82, 2.24) is 25.8 Å². The maximum Gasteiger partial charge on any atom is 0.326 e. The van der Waals surface area contributed by atoms with Gasteiger partial charge in [0.05, 0.1) is 6.54 Å². The number of amides is 2. The largest absolute Gasteiger partial charge is 0.480 e. The molecule has 0 aromatic carbocycles. The third-order valence-corrected chi connectivity index (χ3v) is 1.89. The summed E-state index contributed by atoms with van der Waals surface area (Å²) in [6.45, 7) is 1.84. The van der Waals surface area contributed by atoms with Crippen molar-refractivity contribution in [3.8, 4) is 0 Å². The molecule has 0 unspecified atom stereocenters. The number of aromatic amines is 1. The zero-order valence-electron chi connectivity index (χ0n) is 8.73. The number of nitrogens with zero attached hydrogens (tertiary/aromatic N) is 2. The van der Waals surface area contributed by atoms with Crippen LogP contribution in [-0.4, -0.2) is 38.3 Å². The SMILES string of the molecule is CC[C@@H](NC(=O)NCc1ncn[nH]1)C(=O)O. The molecular weight excluding hydrogens is 214 g/mol. The topological polar surface area (TPSA) is 120 Å². The Hall–Kier alpha value is -2.12. The lowest BCUT2D eigenvalue weighted by Gasteiger charge is -2.12. The lowest BCUT2D eigenvalue weighted by atomic mass is 10.2. The normalized spacial score (nSPS) is 11.8. The summed E-state index contributed by atoms with van der Waals surface area (Å²) in [4.78, 5) is 25.7. The number of rotatable bonds is 5. The van der Waals surface area contributed by atoms with Gasteiger partial charge in [0.2, 0.25) is 0 Å². The number of hydrogen-bond donors (Lipinski definition) is 4. The van der Waals surface area contributed by atoms with Crippen LogP contribution in [0.2, 0.25) is 0 Å². The second-order valence-electron chi connectivity index (χ2n) is 3.06. The van der Waals surface area contributed by atoms with Gasteiger partial charge in [-0.1, -0.05) is 6.92 Å². The smallest absolute Gasteiger partial charge is 0.326 e.